The Morgan fingerprint density at radius 3 is 2.20 bits per heavy atom. The van der Waals surface area contributed by atoms with E-state index in [1.165, 1.54) is 12.1 Å². The van der Waals surface area contributed by atoms with Crippen LogP contribution in [0.1, 0.15) is 15.9 Å². The Kier molecular flexibility index (Phi) is 5.92. The molecule has 0 aliphatic carbocycles. The van der Waals surface area contributed by atoms with Gasteiger partial charge in [-0.3, -0.25) is 10.2 Å². The highest BCUT2D eigenvalue weighted by Crippen LogP contribution is 2.29. The number of oxime groups is 1. The molecule has 0 fully saturated rings. The average molecular weight is 414 g/mol. The van der Waals surface area contributed by atoms with E-state index in [4.69, 9.17) is 5.21 Å². The molecule has 0 unspecified atom stereocenters. The smallest absolute Gasteiger partial charge is 0.411 e. The normalized spacial score (nSPS) is 12.4. The molecule has 0 aromatic heterocycles. The average Bonchev–Trinajstić information content (AvgIpc) is 2.58. The van der Waals surface area contributed by atoms with E-state index in [9.17, 15) is 18.0 Å². The highest BCUT2D eigenvalue weighted by atomic mass is 79.9. The number of carbonyl (C=O) groups excluding carboxylic acids is 1. The molecule has 0 saturated heterocycles. The zero-order valence-corrected chi connectivity index (χ0v) is 14.0. The number of hydrogen-bond acceptors (Lipinski definition) is 5. The lowest BCUT2D eigenvalue weighted by molar-refractivity contribution is -0.137. The zero-order chi connectivity index (χ0) is 18.4. The Bertz CT molecular complexity index is 801. The van der Waals surface area contributed by atoms with Gasteiger partial charge in [0.2, 0.25) is 5.78 Å². The van der Waals surface area contributed by atoms with Crippen molar-refractivity contribution in [2.75, 3.05) is 5.43 Å². The Morgan fingerprint density at radius 1 is 1.08 bits per heavy atom. The van der Waals surface area contributed by atoms with Crippen LogP contribution in [0.4, 0.5) is 18.9 Å². The van der Waals surface area contributed by atoms with Gasteiger partial charge >= 0.3 is 6.18 Å². The molecule has 9 heteroatoms. The fraction of sp³-hybridized carbons (Fsp3) is 0.0625. The topological polar surface area (TPSA) is 74.0 Å². The third kappa shape index (κ3) is 5.15. The van der Waals surface area contributed by atoms with Crippen molar-refractivity contribution in [2.24, 2.45) is 10.3 Å². The van der Waals surface area contributed by atoms with E-state index in [0.29, 0.717) is 5.56 Å². The number of hydrazone groups is 1. The predicted octanol–water partition coefficient (Wildman–Crippen LogP) is 4.58. The van der Waals surface area contributed by atoms with Crippen molar-refractivity contribution in [2.45, 2.75) is 6.18 Å². The van der Waals surface area contributed by atoms with Crippen LogP contribution >= 0.6 is 15.9 Å². The molecule has 130 valence electrons. The number of nitrogens with zero attached hydrogens (tertiary/aromatic N) is 2. The molecule has 25 heavy (non-hydrogen) atoms. The minimum Gasteiger partial charge on any atom is -0.411 e. The van der Waals surface area contributed by atoms with E-state index in [1.807, 2.05) is 0 Å². The third-order valence-electron chi connectivity index (χ3n) is 3.04. The molecular weight excluding hydrogens is 403 g/mol. The minimum absolute atomic E-state index is 0.218. The van der Waals surface area contributed by atoms with Crippen LogP contribution in [-0.4, -0.2) is 22.9 Å². The van der Waals surface area contributed by atoms with Gasteiger partial charge in [0.05, 0.1) is 17.5 Å². The highest BCUT2D eigenvalue weighted by Gasteiger charge is 2.29. The second-order valence-corrected chi connectivity index (χ2v) is 5.68. The van der Waals surface area contributed by atoms with Gasteiger partial charge in [-0.25, -0.2) is 0 Å². The maximum Gasteiger partial charge on any atom is 0.416 e. The number of carbonyl (C=O) groups is 1. The molecule has 0 atom stereocenters. The molecular formula is C16H11BrF3N3O2. The molecule has 0 radical (unpaired) electrons. The molecule has 0 heterocycles. The maximum atomic E-state index is 12.5. The SMILES string of the molecule is O=C(C(/C=N\O)=N\Nc1ccc(C(F)(F)F)cc1)c1ccc(Br)cc1. The van der Waals surface area contributed by atoms with E-state index in [0.717, 1.165) is 22.8 Å². The highest BCUT2D eigenvalue weighted by molar-refractivity contribution is 9.10. The van der Waals surface area contributed by atoms with Crippen molar-refractivity contribution in [1.29, 1.82) is 0 Å². The van der Waals surface area contributed by atoms with Gasteiger partial charge in [-0.05, 0) is 48.5 Å². The monoisotopic (exact) mass is 413 g/mol. The first kappa shape index (κ1) is 18.7. The van der Waals surface area contributed by atoms with Gasteiger partial charge in [0.15, 0.2) is 5.71 Å². The van der Waals surface area contributed by atoms with Crippen molar-refractivity contribution < 1.29 is 23.2 Å². The predicted molar refractivity (Wildman–Crippen MR) is 91.3 cm³/mol. The molecule has 0 bridgehead atoms. The van der Waals surface area contributed by atoms with E-state index in [1.54, 1.807) is 24.3 Å². The maximum absolute atomic E-state index is 12.5. The van der Waals surface area contributed by atoms with Crippen LogP contribution in [0, 0.1) is 0 Å². The summed E-state index contributed by atoms with van der Waals surface area (Å²) in [5, 5.41) is 15.2. The number of rotatable bonds is 5. The Balaban J connectivity index is 2.19. The van der Waals surface area contributed by atoms with Gasteiger partial charge in [-0.1, -0.05) is 21.1 Å². The lowest BCUT2D eigenvalue weighted by Gasteiger charge is -2.07. The van der Waals surface area contributed by atoms with Gasteiger partial charge in [0, 0.05) is 10.0 Å². The van der Waals surface area contributed by atoms with Gasteiger partial charge in [0.1, 0.15) is 0 Å². The van der Waals surface area contributed by atoms with Crippen LogP contribution in [-0.2, 0) is 6.18 Å². The number of halogens is 4. The van der Waals surface area contributed by atoms with Crippen molar-refractivity contribution in [1.82, 2.24) is 0 Å². The van der Waals surface area contributed by atoms with Crippen LogP contribution in [0.15, 0.2) is 63.3 Å². The van der Waals surface area contributed by atoms with Crippen molar-refractivity contribution >= 4 is 39.3 Å². The molecule has 0 saturated carbocycles. The number of anilines is 1. The van der Waals surface area contributed by atoms with Crippen molar-refractivity contribution in [3.05, 3.63) is 64.1 Å². The number of benzene rings is 2. The summed E-state index contributed by atoms with van der Waals surface area (Å²) < 4.78 is 38.3. The summed E-state index contributed by atoms with van der Waals surface area (Å²) in [6.45, 7) is 0. The summed E-state index contributed by atoms with van der Waals surface area (Å²) in [5.74, 6) is -0.523. The number of alkyl halides is 3. The van der Waals surface area contributed by atoms with Crippen LogP contribution in [0.3, 0.4) is 0 Å². The zero-order valence-electron chi connectivity index (χ0n) is 12.5. The van der Waals surface area contributed by atoms with E-state index in [2.05, 4.69) is 31.6 Å². The van der Waals surface area contributed by atoms with Crippen LogP contribution in [0.2, 0.25) is 0 Å². The fourth-order valence-electron chi connectivity index (χ4n) is 1.80. The number of ketones is 1. The molecule has 0 aliphatic rings. The number of nitrogens with one attached hydrogen (secondary N) is 1. The summed E-state index contributed by atoms with van der Waals surface area (Å²) in [7, 11) is 0. The second kappa shape index (κ2) is 7.93. The molecule has 5 nitrogen and oxygen atoms in total. The van der Waals surface area contributed by atoms with Gasteiger partial charge < -0.3 is 5.21 Å². The summed E-state index contributed by atoms with van der Waals surface area (Å²) in [6, 6.07) is 10.5. The van der Waals surface area contributed by atoms with Gasteiger partial charge in [0.25, 0.3) is 0 Å². The standard InChI is InChI=1S/C16H11BrF3N3O2/c17-12-5-1-10(2-6-12)15(24)14(9-21-25)23-22-13-7-3-11(4-8-13)16(18,19)20/h1-9,22,25H/b21-9-,23-14-. The van der Waals surface area contributed by atoms with E-state index >= 15 is 0 Å². The molecule has 2 aromatic carbocycles. The van der Waals surface area contributed by atoms with Crippen molar-refractivity contribution in [3.63, 3.8) is 0 Å². The van der Waals surface area contributed by atoms with Gasteiger partial charge in [-0.2, -0.15) is 18.3 Å². The van der Waals surface area contributed by atoms with E-state index in [-0.39, 0.29) is 11.4 Å². The first-order chi connectivity index (χ1) is 11.8. The third-order valence-corrected chi connectivity index (χ3v) is 3.57. The summed E-state index contributed by atoms with van der Waals surface area (Å²) >= 11 is 3.24. The van der Waals surface area contributed by atoms with E-state index < -0.39 is 17.5 Å². The lowest BCUT2D eigenvalue weighted by atomic mass is 10.1. The summed E-state index contributed by atoms with van der Waals surface area (Å²) in [6.07, 6.45) is -3.60. The van der Waals surface area contributed by atoms with Crippen LogP contribution in [0.5, 0.6) is 0 Å². The summed E-state index contributed by atoms with van der Waals surface area (Å²) in [5.41, 5.74) is 1.98. The Hall–Kier alpha value is -2.68. The number of hydrogen-bond donors (Lipinski definition) is 2. The molecule has 0 spiro atoms. The second-order valence-electron chi connectivity index (χ2n) is 4.76. The van der Waals surface area contributed by atoms with Crippen LogP contribution < -0.4 is 5.43 Å². The Labute approximate surface area is 149 Å². The van der Waals surface area contributed by atoms with Gasteiger partial charge in [-0.15, -0.1) is 0 Å². The first-order valence-corrected chi connectivity index (χ1v) is 7.59. The fourth-order valence-corrected chi connectivity index (χ4v) is 2.06. The number of Topliss-reactive ketones (excluding diaryl/α,β-unsaturated/α-hetero) is 1. The molecule has 2 rings (SSSR count). The lowest BCUT2D eigenvalue weighted by Crippen LogP contribution is -2.17. The largest absolute Gasteiger partial charge is 0.416 e. The molecule has 2 N–H and O–H groups in total. The first-order valence-electron chi connectivity index (χ1n) is 6.80. The van der Waals surface area contributed by atoms with Crippen molar-refractivity contribution in [3.8, 4) is 0 Å². The quantitative estimate of drug-likeness (QED) is 0.326. The Morgan fingerprint density at radius 2 is 1.68 bits per heavy atom. The minimum atomic E-state index is -4.44. The van der Waals surface area contributed by atoms with Crippen LogP contribution in [0.25, 0.3) is 0 Å². The molecule has 2 aromatic rings. The summed E-state index contributed by atoms with van der Waals surface area (Å²) in [4.78, 5) is 12.3. The molecule has 0 aliphatic heterocycles. The molecule has 0 amide bonds.